The third-order valence-electron chi connectivity index (χ3n) is 2.23. The van der Waals surface area contributed by atoms with Crippen LogP contribution in [-0.2, 0) is 6.42 Å². The van der Waals surface area contributed by atoms with Crippen LogP contribution in [-0.4, -0.2) is 13.1 Å². The molecule has 0 amide bonds. The molecule has 0 aliphatic heterocycles. The third-order valence-corrected chi connectivity index (χ3v) is 2.97. The summed E-state index contributed by atoms with van der Waals surface area (Å²) in [6, 6.07) is 5.80. The summed E-state index contributed by atoms with van der Waals surface area (Å²) in [5.74, 6) is 0. The Labute approximate surface area is 108 Å². The minimum atomic E-state index is 0.331. The van der Waals surface area contributed by atoms with Gasteiger partial charge in [0.2, 0.25) is 0 Å². The molecule has 0 radical (unpaired) electrons. The van der Waals surface area contributed by atoms with E-state index in [2.05, 4.69) is 26.1 Å². The lowest BCUT2D eigenvalue weighted by Gasteiger charge is -2.18. The van der Waals surface area contributed by atoms with Crippen molar-refractivity contribution in [3.8, 4) is 0 Å². The van der Waals surface area contributed by atoms with E-state index in [0.29, 0.717) is 15.5 Å². The molecule has 0 spiro atoms. The molecular formula is C13H19Cl2N. The van der Waals surface area contributed by atoms with Crippen molar-refractivity contribution >= 4 is 23.2 Å². The Morgan fingerprint density at radius 2 is 1.81 bits per heavy atom. The third kappa shape index (κ3) is 5.20. The summed E-state index contributed by atoms with van der Waals surface area (Å²) >= 11 is 11.8. The maximum Gasteiger partial charge on any atom is 0.0595 e. The van der Waals surface area contributed by atoms with Crippen LogP contribution in [0.2, 0.25) is 10.0 Å². The summed E-state index contributed by atoms with van der Waals surface area (Å²) < 4.78 is 0. The van der Waals surface area contributed by atoms with Gasteiger partial charge in [-0.25, -0.2) is 0 Å². The lowest BCUT2D eigenvalue weighted by atomic mass is 9.97. The van der Waals surface area contributed by atoms with Gasteiger partial charge in [0.05, 0.1) is 10.0 Å². The van der Waals surface area contributed by atoms with E-state index in [1.807, 2.05) is 18.2 Å². The van der Waals surface area contributed by atoms with Crippen molar-refractivity contribution in [2.75, 3.05) is 13.1 Å². The van der Waals surface area contributed by atoms with Gasteiger partial charge in [0.1, 0.15) is 0 Å². The maximum absolute atomic E-state index is 5.95. The maximum atomic E-state index is 5.95. The second-order valence-corrected chi connectivity index (χ2v) is 6.05. The van der Waals surface area contributed by atoms with Crippen LogP contribution in [0, 0.1) is 5.41 Å². The van der Waals surface area contributed by atoms with Crippen LogP contribution >= 0.6 is 23.2 Å². The van der Waals surface area contributed by atoms with Crippen LogP contribution in [0.25, 0.3) is 0 Å². The highest BCUT2D eigenvalue weighted by atomic mass is 35.5. The van der Waals surface area contributed by atoms with E-state index >= 15 is 0 Å². The monoisotopic (exact) mass is 259 g/mol. The number of nitrogens with one attached hydrogen (secondary N) is 1. The zero-order valence-corrected chi connectivity index (χ0v) is 11.6. The summed E-state index contributed by atoms with van der Waals surface area (Å²) in [6.07, 6.45) is 0.979. The minimum absolute atomic E-state index is 0.331. The fourth-order valence-electron chi connectivity index (χ4n) is 1.39. The molecule has 1 aromatic carbocycles. The van der Waals surface area contributed by atoms with Gasteiger partial charge < -0.3 is 5.32 Å². The summed E-state index contributed by atoms with van der Waals surface area (Å²) in [6.45, 7) is 8.65. The number of benzene rings is 1. The Kier molecular flexibility index (Phi) is 5.10. The van der Waals surface area contributed by atoms with Crippen LogP contribution in [0.1, 0.15) is 26.3 Å². The summed E-state index contributed by atoms with van der Waals surface area (Å²) in [7, 11) is 0. The van der Waals surface area contributed by atoms with E-state index in [4.69, 9.17) is 23.2 Å². The summed E-state index contributed by atoms with van der Waals surface area (Å²) in [5.41, 5.74) is 1.55. The molecule has 0 saturated carbocycles. The van der Waals surface area contributed by atoms with E-state index in [1.165, 1.54) is 5.56 Å². The van der Waals surface area contributed by atoms with Gasteiger partial charge in [-0.3, -0.25) is 0 Å². The molecule has 0 aliphatic carbocycles. The quantitative estimate of drug-likeness (QED) is 0.801. The lowest BCUT2D eigenvalue weighted by molar-refractivity contribution is 0.381. The van der Waals surface area contributed by atoms with Crippen LogP contribution < -0.4 is 5.32 Å². The highest BCUT2D eigenvalue weighted by molar-refractivity contribution is 6.42. The Morgan fingerprint density at radius 3 is 2.38 bits per heavy atom. The van der Waals surface area contributed by atoms with Gasteiger partial charge in [-0.1, -0.05) is 50.0 Å². The molecule has 1 N–H and O–H groups in total. The zero-order valence-electron chi connectivity index (χ0n) is 10.1. The molecule has 0 unspecified atom stereocenters. The topological polar surface area (TPSA) is 12.0 Å². The molecule has 0 heterocycles. The second kappa shape index (κ2) is 5.90. The molecule has 0 atom stereocenters. The van der Waals surface area contributed by atoms with Gasteiger partial charge in [0.15, 0.2) is 0 Å². The Bertz CT molecular complexity index is 342. The molecule has 1 rings (SSSR count). The predicted molar refractivity (Wildman–Crippen MR) is 72.5 cm³/mol. The molecule has 0 bridgehead atoms. The zero-order chi connectivity index (χ0) is 12.2. The number of hydrogen-bond acceptors (Lipinski definition) is 1. The van der Waals surface area contributed by atoms with Crippen LogP contribution in [0.4, 0.5) is 0 Å². The van der Waals surface area contributed by atoms with Crippen LogP contribution in [0.3, 0.4) is 0 Å². The van der Waals surface area contributed by atoms with Gasteiger partial charge >= 0.3 is 0 Å². The molecule has 3 heteroatoms. The smallest absolute Gasteiger partial charge is 0.0595 e. The summed E-state index contributed by atoms with van der Waals surface area (Å²) in [5, 5.41) is 4.68. The fourth-order valence-corrected chi connectivity index (χ4v) is 1.71. The Hall–Kier alpha value is -0.240. The molecule has 0 saturated heterocycles. The van der Waals surface area contributed by atoms with Crippen molar-refractivity contribution in [2.45, 2.75) is 27.2 Å². The van der Waals surface area contributed by atoms with Gasteiger partial charge in [0.25, 0.3) is 0 Å². The van der Waals surface area contributed by atoms with E-state index < -0.39 is 0 Å². The van der Waals surface area contributed by atoms with Crippen LogP contribution in [0.5, 0.6) is 0 Å². The molecule has 1 nitrogen and oxygen atoms in total. The Balaban J connectivity index is 2.35. The van der Waals surface area contributed by atoms with E-state index in [0.717, 1.165) is 19.5 Å². The molecule has 1 aromatic rings. The van der Waals surface area contributed by atoms with E-state index in [1.54, 1.807) is 0 Å². The first-order chi connectivity index (χ1) is 7.38. The van der Waals surface area contributed by atoms with E-state index in [9.17, 15) is 0 Å². The minimum Gasteiger partial charge on any atom is -0.316 e. The van der Waals surface area contributed by atoms with Crippen molar-refractivity contribution in [3.05, 3.63) is 33.8 Å². The van der Waals surface area contributed by atoms with Crippen molar-refractivity contribution in [3.63, 3.8) is 0 Å². The molecule has 90 valence electrons. The average molecular weight is 260 g/mol. The molecule has 16 heavy (non-hydrogen) atoms. The van der Waals surface area contributed by atoms with Gasteiger partial charge in [-0.05, 0) is 36.1 Å². The van der Waals surface area contributed by atoms with Crippen molar-refractivity contribution in [1.82, 2.24) is 5.32 Å². The number of halogens is 2. The average Bonchev–Trinajstić information content (AvgIpc) is 2.17. The molecule has 0 fully saturated rings. The summed E-state index contributed by atoms with van der Waals surface area (Å²) in [4.78, 5) is 0. The first-order valence-corrected chi connectivity index (χ1v) is 6.29. The van der Waals surface area contributed by atoms with Gasteiger partial charge in [0, 0.05) is 6.54 Å². The molecule has 0 aliphatic rings. The largest absolute Gasteiger partial charge is 0.316 e. The van der Waals surface area contributed by atoms with Crippen molar-refractivity contribution in [2.24, 2.45) is 5.41 Å². The van der Waals surface area contributed by atoms with Crippen LogP contribution in [0.15, 0.2) is 18.2 Å². The number of hydrogen-bond donors (Lipinski definition) is 1. The fraction of sp³-hybridized carbons (Fsp3) is 0.538. The standard InChI is InChI=1S/C13H19Cl2N/c1-13(2,3)9-16-7-6-10-4-5-11(14)12(15)8-10/h4-5,8,16H,6-7,9H2,1-3H3. The van der Waals surface area contributed by atoms with Gasteiger partial charge in [-0.2, -0.15) is 0 Å². The normalized spacial score (nSPS) is 11.8. The lowest BCUT2D eigenvalue weighted by Crippen LogP contribution is -2.28. The second-order valence-electron chi connectivity index (χ2n) is 5.24. The highest BCUT2D eigenvalue weighted by Gasteiger charge is 2.08. The van der Waals surface area contributed by atoms with Crippen molar-refractivity contribution < 1.29 is 0 Å². The SMILES string of the molecule is CC(C)(C)CNCCc1ccc(Cl)c(Cl)c1. The van der Waals surface area contributed by atoms with E-state index in [-0.39, 0.29) is 0 Å². The number of rotatable bonds is 4. The first-order valence-electron chi connectivity index (χ1n) is 5.53. The molecular weight excluding hydrogens is 241 g/mol. The van der Waals surface area contributed by atoms with Crippen molar-refractivity contribution in [1.29, 1.82) is 0 Å². The predicted octanol–water partition coefficient (Wildman–Crippen LogP) is 4.17. The highest BCUT2D eigenvalue weighted by Crippen LogP contribution is 2.22. The first kappa shape index (κ1) is 13.8. The van der Waals surface area contributed by atoms with Gasteiger partial charge in [-0.15, -0.1) is 0 Å². The molecule has 0 aromatic heterocycles. The Morgan fingerprint density at radius 1 is 1.12 bits per heavy atom.